The molecule has 106 valence electrons. The molecular formula is C15H12FN3O2. The van der Waals surface area contributed by atoms with Gasteiger partial charge in [-0.15, -0.1) is 0 Å². The van der Waals surface area contributed by atoms with Crippen LogP contribution < -0.4 is 16.2 Å². The second-order valence-corrected chi connectivity index (χ2v) is 4.43. The third-order valence-electron chi connectivity index (χ3n) is 2.91. The number of benzene rings is 2. The van der Waals surface area contributed by atoms with Gasteiger partial charge in [0, 0.05) is 11.8 Å². The number of aryl methyl sites for hydroxylation is 1. The Bertz CT molecular complexity index is 766. The molecule has 2 aromatic rings. The van der Waals surface area contributed by atoms with Gasteiger partial charge in [-0.25, -0.2) is 4.39 Å². The normalized spacial score (nSPS) is 9.95. The summed E-state index contributed by atoms with van der Waals surface area (Å²) in [6, 6.07) is 8.86. The molecule has 0 bridgehead atoms. The summed E-state index contributed by atoms with van der Waals surface area (Å²) in [6.07, 6.45) is 0. The first-order chi connectivity index (χ1) is 9.92. The molecule has 0 aliphatic heterocycles. The van der Waals surface area contributed by atoms with Gasteiger partial charge in [-0.1, -0.05) is 6.07 Å². The van der Waals surface area contributed by atoms with Crippen LogP contribution >= 0.6 is 0 Å². The molecule has 0 radical (unpaired) electrons. The lowest BCUT2D eigenvalue weighted by atomic mass is 10.1. The number of hydrogen-bond donors (Lipinski definition) is 2. The average molecular weight is 285 g/mol. The number of hydrogen-bond acceptors (Lipinski definition) is 4. The number of nitrogens with two attached hydrogens (primary N) is 2. The number of halogens is 1. The van der Waals surface area contributed by atoms with Gasteiger partial charge in [-0.3, -0.25) is 4.79 Å². The maximum atomic E-state index is 13.9. The Kier molecular flexibility index (Phi) is 3.76. The predicted molar refractivity (Wildman–Crippen MR) is 75.3 cm³/mol. The lowest BCUT2D eigenvalue weighted by molar-refractivity contribution is 0.100. The van der Waals surface area contributed by atoms with E-state index in [0.717, 1.165) is 12.1 Å². The van der Waals surface area contributed by atoms with Crippen LogP contribution in [0.5, 0.6) is 11.5 Å². The van der Waals surface area contributed by atoms with E-state index < -0.39 is 11.7 Å². The first kappa shape index (κ1) is 14.3. The van der Waals surface area contributed by atoms with Crippen LogP contribution in [0, 0.1) is 24.1 Å². The van der Waals surface area contributed by atoms with Crippen LogP contribution in [0.3, 0.4) is 0 Å². The van der Waals surface area contributed by atoms with Gasteiger partial charge >= 0.3 is 0 Å². The molecular weight excluding hydrogens is 273 g/mol. The zero-order chi connectivity index (χ0) is 15.6. The Labute approximate surface area is 120 Å². The van der Waals surface area contributed by atoms with Crippen LogP contribution in [0.2, 0.25) is 0 Å². The van der Waals surface area contributed by atoms with E-state index >= 15 is 0 Å². The largest absolute Gasteiger partial charge is 0.454 e. The van der Waals surface area contributed by atoms with Crippen molar-refractivity contribution in [3.63, 3.8) is 0 Å². The monoisotopic (exact) mass is 285 g/mol. The van der Waals surface area contributed by atoms with Crippen LogP contribution in [0.15, 0.2) is 30.3 Å². The summed E-state index contributed by atoms with van der Waals surface area (Å²) in [5.41, 5.74) is 11.7. The van der Waals surface area contributed by atoms with Crippen molar-refractivity contribution in [2.75, 3.05) is 5.73 Å². The number of nitrogens with zero attached hydrogens (tertiary/aromatic N) is 1. The van der Waals surface area contributed by atoms with E-state index in [2.05, 4.69) is 0 Å². The maximum absolute atomic E-state index is 13.9. The molecule has 0 atom stereocenters. The maximum Gasteiger partial charge on any atom is 0.250 e. The molecule has 0 unspecified atom stereocenters. The number of nitrogen functional groups attached to an aromatic ring is 1. The highest BCUT2D eigenvalue weighted by atomic mass is 19.1. The number of amides is 1. The lowest BCUT2D eigenvalue weighted by Crippen LogP contribution is -2.14. The first-order valence-electron chi connectivity index (χ1n) is 6.00. The van der Waals surface area contributed by atoms with Crippen LogP contribution in [0.4, 0.5) is 10.1 Å². The van der Waals surface area contributed by atoms with Crippen molar-refractivity contribution in [2.45, 2.75) is 6.92 Å². The minimum atomic E-state index is -0.778. The second kappa shape index (κ2) is 5.51. The summed E-state index contributed by atoms with van der Waals surface area (Å²) >= 11 is 0. The Morgan fingerprint density at radius 3 is 2.62 bits per heavy atom. The number of primary amides is 1. The fraction of sp³-hybridized carbons (Fsp3) is 0.0667. The van der Waals surface area contributed by atoms with E-state index in [1.54, 1.807) is 19.1 Å². The van der Waals surface area contributed by atoms with E-state index in [-0.39, 0.29) is 17.0 Å². The molecule has 0 saturated carbocycles. The van der Waals surface area contributed by atoms with Crippen molar-refractivity contribution in [1.29, 1.82) is 5.26 Å². The molecule has 6 heteroatoms. The van der Waals surface area contributed by atoms with Crippen molar-refractivity contribution in [1.82, 2.24) is 0 Å². The molecule has 0 spiro atoms. The third kappa shape index (κ3) is 2.92. The Balaban J connectivity index is 2.47. The third-order valence-corrected chi connectivity index (χ3v) is 2.91. The fourth-order valence-corrected chi connectivity index (χ4v) is 1.76. The van der Waals surface area contributed by atoms with E-state index in [1.807, 2.05) is 6.07 Å². The van der Waals surface area contributed by atoms with E-state index in [1.165, 1.54) is 6.07 Å². The van der Waals surface area contributed by atoms with Crippen molar-refractivity contribution < 1.29 is 13.9 Å². The highest BCUT2D eigenvalue weighted by molar-refractivity contribution is 5.98. The molecule has 21 heavy (non-hydrogen) atoms. The number of nitriles is 1. The van der Waals surface area contributed by atoms with Crippen LogP contribution in [0.25, 0.3) is 0 Å². The molecule has 0 aliphatic carbocycles. The minimum absolute atomic E-state index is 0.0273. The van der Waals surface area contributed by atoms with Gasteiger partial charge in [-0.05, 0) is 30.7 Å². The van der Waals surface area contributed by atoms with Gasteiger partial charge in [0.25, 0.3) is 5.91 Å². The van der Waals surface area contributed by atoms with Crippen molar-refractivity contribution in [3.8, 4) is 17.6 Å². The minimum Gasteiger partial charge on any atom is -0.454 e. The van der Waals surface area contributed by atoms with E-state index in [0.29, 0.717) is 16.9 Å². The highest BCUT2D eigenvalue weighted by Crippen LogP contribution is 2.30. The number of carbonyl (C=O) groups excluding carboxylic acids is 1. The molecule has 2 aromatic carbocycles. The first-order valence-corrected chi connectivity index (χ1v) is 6.00. The van der Waals surface area contributed by atoms with Gasteiger partial charge in [-0.2, -0.15) is 5.26 Å². The molecule has 0 aromatic heterocycles. The molecule has 1 amide bonds. The fourth-order valence-electron chi connectivity index (χ4n) is 1.76. The van der Waals surface area contributed by atoms with Gasteiger partial charge in [0.1, 0.15) is 5.75 Å². The Hall–Kier alpha value is -3.07. The van der Waals surface area contributed by atoms with Crippen LogP contribution in [-0.4, -0.2) is 5.91 Å². The standard InChI is InChI=1S/C15H12FN3O2/c1-8-2-3-9(7-17)4-13(8)21-14-5-10(15(19)20)12(18)6-11(14)16/h2-6H,18H2,1H3,(H2,19,20). The van der Waals surface area contributed by atoms with E-state index in [4.69, 9.17) is 21.5 Å². The molecule has 0 fully saturated rings. The SMILES string of the molecule is Cc1ccc(C#N)cc1Oc1cc(C(N)=O)c(N)cc1F. The Morgan fingerprint density at radius 1 is 1.29 bits per heavy atom. The summed E-state index contributed by atoms with van der Waals surface area (Å²) in [5.74, 6) is -1.37. The molecule has 0 saturated heterocycles. The molecule has 5 nitrogen and oxygen atoms in total. The molecule has 0 heterocycles. The van der Waals surface area contributed by atoms with Crippen molar-refractivity contribution in [2.24, 2.45) is 5.73 Å². The summed E-state index contributed by atoms with van der Waals surface area (Å²) in [5, 5.41) is 8.87. The van der Waals surface area contributed by atoms with Crippen molar-refractivity contribution in [3.05, 3.63) is 52.8 Å². The summed E-state index contributed by atoms with van der Waals surface area (Å²) in [4.78, 5) is 11.2. The van der Waals surface area contributed by atoms with Crippen molar-refractivity contribution >= 4 is 11.6 Å². The number of rotatable bonds is 3. The number of anilines is 1. The molecule has 2 rings (SSSR count). The topological polar surface area (TPSA) is 102 Å². The van der Waals surface area contributed by atoms with Crippen LogP contribution in [0.1, 0.15) is 21.5 Å². The van der Waals surface area contributed by atoms with Gasteiger partial charge in [0.05, 0.1) is 17.2 Å². The smallest absolute Gasteiger partial charge is 0.250 e. The second-order valence-electron chi connectivity index (χ2n) is 4.43. The van der Waals surface area contributed by atoms with Gasteiger partial charge in [0.2, 0.25) is 0 Å². The Morgan fingerprint density at radius 2 is 2.00 bits per heavy atom. The quantitative estimate of drug-likeness (QED) is 0.845. The summed E-state index contributed by atoms with van der Waals surface area (Å²) in [7, 11) is 0. The zero-order valence-corrected chi connectivity index (χ0v) is 11.2. The van der Waals surface area contributed by atoms with Gasteiger partial charge in [0.15, 0.2) is 11.6 Å². The van der Waals surface area contributed by atoms with Crippen LogP contribution in [-0.2, 0) is 0 Å². The summed E-state index contributed by atoms with van der Waals surface area (Å²) < 4.78 is 19.3. The molecule has 4 N–H and O–H groups in total. The number of carbonyl (C=O) groups is 1. The number of ether oxygens (including phenoxy) is 1. The highest BCUT2D eigenvalue weighted by Gasteiger charge is 2.14. The predicted octanol–water partition coefficient (Wildman–Crippen LogP) is 2.48. The lowest BCUT2D eigenvalue weighted by Gasteiger charge is -2.12. The zero-order valence-electron chi connectivity index (χ0n) is 11.2. The average Bonchev–Trinajstić information content (AvgIpc) is 2.43. The molecule has 0 aliphatic rings. The van der Waals surface area contributed by atoms with E-state index in [9.17, 15) is 9.18 Å². The summed E-state index contributed by atoms with van der Waals surface area (Å²) in [6.45, 7) is 1.75. The van der Waals surface area contributed by atoms with Gasteiger partial charge < -0.3 is 16.2 Å².